The lowest BCUT2D eigenvalue weighted by molar-refractivity contribution is -0.146. The van der Waals surface area contributed by atoms with Crippen LogP contribution in [0.2, 0.25) is 0 Å². The molecule has 0 aliphatic heterocycles. The first-order valence-electron chi connectivity index (χ1n) is 11.5. The first-order valence-corrected chi connectivity index (χ1v) is 12.4. The number of hydrogen-bond donors (Lipinski definition) is 1. The Kier molecular flexibility index (Phi) is 8.26. The number of nitrogens with one attached hydrogen (secondary N) is 1. The maximum Gasteiger partial charge on any atom is 0.341 e. The molecule has 0 atom stereocenters. The summed E-state index contributed by atoms with van der Waals surface area (Å²) in [5.74, 6) is -1.57. The summed E-state index contributed by atoms with van der Waals surface area (Å²) in [5.41, 5.74) is 4.72. The molecule has 6 nitrogen and oxygen atoms in total. The second kappa shape index (κ2) is 12.0. The molecule has 0 saturated carbocycles. The largest absolute Gasteiger partial charge is 0.462 e. The Labute approximate surface area is 213 Å². The normalized spacial score (nSPS) is 10.5. The molecule has 0 saturated heterocycles. The standard InChI is InChI=1S/C29H25NO5S/c1-2-34-29(33)27-24(23-11-7-4-8-12-23)19-36-28(27)30-25(31)18-35-26(32)17-20-13-15-22(16-14-20)21-9-5-3-6-10-21/h3-16,19H,2,17-18H2,1H3,(H,30,31). The summed E-state index contributed by atoms with van der Waals surface area (Å²) in [6.07, 6.45) is 0.0492. The van der Waals surface area contributed by atoms with Gasteiger partial charge in [-0.15, -0.1) is 11.3 Å². The van der Waals surface area contributed by atoms with Crippen molar-refractivity contribution < 1.29 is 23.9 Å². The van der Waals surface area contributed by atoms with Crippen molar-refractivity contribution in [1.82, 2.24) is 0 Å². The lowest BCUT2D eigenvalue weighted by Crippen LogP contribution is -2.22. The zero-order chi connectivity index (χ0) is 25.3. The highest BCUT2D eigenvalue weighted by Crippen LogP contribution is 2.36. The van der Waals surface area contributed by atoms with Gasteiger partial charge < -0.3 is 14.8 Å². The topological polar surface area (TPSA) is 81.7 Å². The number of rotatable bonds is 9. The highest BCUT2D eigenvalue weighted by atomic mass is 32.1. The molecule has 4 rings (SSSR count). The molecule has 0 aliphatic rings. The fraction of sp³-hybridized carbons (Fsp3) is 0.138. The van der Waals surface area contributed by atoms with Gasteiger partial charge in [0.05, 0.1) is 13.0 Å². The van der Waals surface area contributed by atoms with Gasteiger partial charge in [0.25, 0.3) is 5.91 Å². The number of hydrogen-bond acceptors (Lipinski definition) is 6. The van der Waals surface area contributed by atoms with E-state index in [0.29, 0.717) is 10.6 Å². The van der Waals surface area contributed by atoms with E-state index >= 15 is 0 Å². The van der Waals surface area contributed by atoms with E-state index in [-0.39, 0.29) is 18.6 Å². The predicted octanol–water partition coefficient (Wildman–Crippen LogP) is 5.98. The van der Waals surface area contributed by atoms with Crippen molar-refractivity contribution in [3.8, 4) is 22.3 Å². The number of carbonyl (C=O) groups excluding carboxylic acids is 3. The minimum atomic E-state index is -0.533. The predicted molar refractivity (Wildman–Crippen MR) is 141 cm³/mol. The van der Waals surface area contributed by atoms with Gasteiger partial charge in [0, 0.05) is 10.9 Å². The molecule has 0 aliphatic carbocycles. The highest BCUT2D eigenvalue weighted by molar-refractivity contribution is 7.15. The maximum atomic E-state index is 12.6. The van der Waals surface area contributed by atoms with Crippen LogP contribution in [0.4, 0.5) is 5.00 Å². The number of carbonyl (C=O) groups is 3. The first kappa shape index (κ1) is 24.9. The van der Waals surface area contributed by atoms with Gasteiger partial charge in [0.15, 0.2) is 6.61 Å². The van der Waals surface area contributed by atoms with E-state index in [2.05, 4.69) is 5.32 Å². The molecule has 1 heterocycles. The molecule has 4 aromatic rings. The smallest absolute Gasteiger partial charge is 0.341 e. The Balaban J connectivity index is 1.36. The lowest BCUT2D eigenvalue weighted by atomic mass is 10.0. The quantitative estimate of drug-likeness (QED) is 0.286. The molecule has 1 amide bonds. The third-order valence-corrected chi connectivity index (χ3v) is 6.28. The Morgan fingerprint density at radius 1 is 0.778 bits per heavy atom. The van der Waals surface area contributed by atoms with Crippen LogP contribution in [-0.4, -0.2) is 31.1 Å². The molecule has 182 valence electrons. The molecule has 0 unspecified atom stereocenters. The van der Waals surface area contributed by atoms with Crippen molar-refractivity contribution >= 4 is 34.2 Å². The van der Waals surface area contributed by atoms with Gasteiger partial charge in [0.1, 0.15) is 10.6 Å². The van der Waals surface area contributed by atoms with E-state index in [1.807, 2.05) is 84.9 Å². The zero-order valence-electron chi connectivity index (χ0n) is 19.7. The van der Waals surface area contributed by atoms with Gasteiger partial charge in [-0.2, -0.15) is 0 Å². The highest BCUT2D eigenvalue weighted by Gasteiger charge is 2.23. The summed E-state index contributed by atoms with van der Waals surface area (Å²) in [4.78, 5) is 37.4. The number of anilines is 1. The number of esters is 2. The van der Waals surface area contributed by atoms with Gasteiger partial charge in [-0.3, -0.25) is 9.59 Å². The molecule has 36 heavy (non-hydrogen) atoms. The minimum absolute atomic E-state index is 0.0492. The van der Waals surface area contributed by atoms with Crippen molar-refractivity contribution in [1.29, 1.82) is 0 Å². The van der Waals surface area contributed by atoms with Crippen LogP contribution >= 0.6 is 11.3 Å². The molecule has 0 bridgehead atoms. The SMILES string of the molecule is CCOC(=O)c1c(-c2ccccc2)csc1NC(=O)COC(=O)Cc1ccc(-c2ccccc2)cc1. The third-order valence-electron chi connectivity index (χ3n) is 5.38. The van der Waals surface area contributed by atoms with E-state index < -0.39 is 24.5 Å². The van der Waals surface area contributed by atoms with Gasteiger partial charge in [0.2, 0.25) is 0 Å². The monoisotopic (exact) mass is 499 g/mol. The number of benzene rings is 3. The molecule has 1 N–H and O–H groups in total. The van der Waals surface area contributed by atoms with Crippen molar-refractivity contribution in [3.63, 3.8) is 0 Å². The average Bonchev–Trinajstić information content (AvgIpc) is 3.32. The number of amides is 1. The van der Waals surface area contributed by atoms with E-state index in [0.717, 1.165) is 22.3 Å². The lowest BCUT2D eigenvalue weighted by Gasteiger charge is -2.09. The molecule has 0 spiro atoms. The van der Waals surface area contributed by atoms with Gasteiger partial charge >= 0.3 is 11.9 Å². The Bertz CT molecular complexity index is 1330. The van der Waals surface area contributed by atoms with Crippen LogP contribution < -0.4 is 5.32 Å². The van der Waals surface area contributed by atoms with Crippen LogP contribution in [0, 0.1) is 0 Å². The summed E-state index contributed by atoms with van der Waals surface area (Å²) >= 11 is 1.22. The van der Waals surface area contributed by atoms with Gasteiger partial charge in [-0.25, -0.2) is 4.79 Å². The van der Waals surface area contributed by atoms with Crippen molar-refractivity contribution in [3.05, 3.63) is 101 Å². The molecule has 0 radical (unpaired) electrons. The summed E-state index contributed by atoms with van der Waals surface area (Å²) in [6.45, 7) is 1.47. The molecule has 1 aromatic heterocycles. The average molecular weight is 500 g/mol. The second-order valence-electron chi connectivity index (χ2n) is 7.89. The summed E-state index contributed by atoms with van der Waals surface area (Å²) in [7, 11) is 0. The number of ether oxygens (including phenoxy) is 2. The summed E-state index contributed by atoms with van der Waals surface area (Å²) < 4.78 is 10.4. The van der Waals surface area contributed by atoms with Crippen molar-refractivity contribution in [2.45, 2.75) is 13.3 Å². The molecular weight excluding hydrogens is 474 g/mol. The minimum Gasteiger partial charge on any atom is -0.462 e. The first-order chi connectivity index (χ1) is 17.5. The Hall–Kier alpha value is -4.23. The second-order valence-corrected chi connectivity index (χ2v) is 8.77. The van der Waals surface area contributed by atoms with Crippen LogP contribution in [0.15, 0.2) is 90.3 Å². The van der Waals surface area contributed by atoms with Gasteiger partial charge in [-0.05, 0) is 29.2 Å². The van der Waals surface area contributed by atoms with E-state index in [1.54, 1.807) is 12.3 Å². The van der Waals surface area contributed by atoms with Crippen LogP contribution in [0.3, 0.4) is 0 Å². The molecule has 0 fully saturated rings. The summed E-state index contributed by atoms with van der Waals surface area (Å²) in [5, 5.41) is 4.83. The van der Waals surface area contributed by atoms with Crippen LogP contribution in [0.25, 0.3) is 22.3 Å². The fourth-order valence-electron chi connectivity index (χ4n) is 3.66. The van der Waals surface area contributed by atoms with Crippen LogP contribution in [0.1, 0.15) is 22.8 Å². The van der Waals surface area contributed by atoms with Crippen molar-refractivity contribution in [2.24, 2.45) is 0 Å². The number of thiophene rings is 1. The summed E-state index contributed by atoms with van der Waals surface area (Å²) in [6, 6.07) is 27.0. The van der Waals surface area contributed by atoms with Crippen LogP contribution in [0.5, 0.6) is 0 Å². The van der Waals surface area contributed by atoms with E-state index in [4.69, 9.17) is 9.47 Å². The maximum absolute atomic E-state index is 12.6. The molecule has 7 heteroatoms. The van der Waals surface area contributed by atoms with Gasteiger partial charge in [-0.1, -0.05) is 84.9 Å². The molecule has 3 aromatic carbocycles. The third kappa shape index (κ3) is 6.25. The fourth-order valence-corrected chi connectivity index (χ4v) is 4.63. The zero-order valence-corrected chi connectivity index (χ0v) is 20.5. The van der Waals surface area contributed by atoms with E-state index in [9.17, 15) is 14.4 Å². The van der Waals surface area contributed by atoms with Crippen LogP contribution in [-0.2, 0) is 25.5 Å². The Morgan fingerprint density at radius 2 is 1.39 bits per heavy atom. The molecular formula is C29H25NO5S. The van der Waals surface area contributed by atoms with E-state index in [1.165, 1.54) is 11.3 Å². The van der Waals surface area contributed by atoms with Crippen molar-refractivity contribution in [2.75, 3.05) is 18.5 Å². The Morgan fingerprint density at radius 3 is 2.03 bits per heavy atom.